The van der Waals surface area contributed by atoms with Crippen LogP contribution in [0.5, 0.6) is 0 Å². The minimum Gasteiger partial charge on any atom is -0.329 e. The van der Waals surface area contributed by atoms with Crippen LogP contribution in [0.25, 0.3) is 0 Å². The molecule has 1 saturated heterocycles. The average Bonchev–Trinajstić information content (AvgIpc) is 2.45. The third kappa shape index (κ3) is 3.34. The highest BCUT2D eigenvalue weighted by atomic mass is 35.5. The van der Waals surface area contributed by atoms with Crippen LogP contribution < -0.4 is 5.73 Å². The summed E-state index contributed by atoms with van der Waals surface area (Å²) in [5, 5.41) is 0.835. The van der Waals surface area contributed by atoms with Crippen LogP contribution in [0.15, 0.2) is 18.2 Å². The molecule has 2 rings (SSSR count). The molecule has 1 aromatic rings. The molecule has 1 fully saturated rings. The Balaban J connectivity index is 2.17. The Morgan fingerprint density at radius 3 is 2.75 bits per heavy atom. The Morgan fingerprint density at radius 2 is 2.15 bits per heavy atom. The fraction of sp³-hybridized carbons (Fsp3) is 0.625. The predicted octanol–water partition coefficient (Wildman–Crippen LogP) is 2.67. The summed E-state index contributed by atoms with van der Waals surface area (Å²) in [4.78, 5) is 4.96. The van der Waals surface area contributed by atoms with E-state index in [1.54, 1.807) is 0 Å². The Morgan fingerprint density at radius 1 is 1.40 bits per heavy atom. The number of piperazine rings is 1. The standard InChI is InChI=1S/C16H26ClN3/c1-4-14-11-20(8-7-19(14)3)16(10-18)13-6-5-12(2)15(17)9-13/h5-6,9,14,16H,4,7-8,10-11,18H2,1-3H3. The number of nitrogens with two attached hydrogens (primary N) is 1. The highest BCUT2D eigenvalue weighted by molar-refractivity contribution is 6.31. The molecule has 2 atom stereocenters. The number of nitrogens with zero attached hydrogens (tertiary/aromatic N) is 2. The van der Waals surface area contributed by atoms with Gasteiger partial charge >= 0.3 is 0 Å². The molecule has 20 heavy (non-hydrogen) atoms. The highest BCUT2D eigenvalue weighted by Gasteiger charge is 2.28. The van der Waals surface area contributed by atoms with E-state index in [1.807, 2.05) is 6.92 Å². The lowest BCUT2D eigenvalue weighted by Crippen LogP contribution is -2.53. The van der Waals surface area contributed by atoms with Gasteiger partial charge in [-0.3, -0.25) is 4.90 Å². The van der Waals surface area contributed by atoms with Gasteiger partial charge in [-0.05, 0) is 37.6 Å². The van der Waals surface area contributed by atoms with E-state index >= 15 is 0 Å². The summed E-state index contributed by atoms with van der Waals surface area (Å²) in [5.41, 5.74) is 8.41. The molecule has 1 aliphatic heterocycles. The SMILES string of the molecule is CCC1CN(C(CN)c2ccc(C)c(Cl)c2)CCN1C. The summed E-state index contributed by atoms with van der Waals surface area (Å²) in [6.45, 7) is 8.19. The molecular formula is C16H26ClN3. The first-order valence-corrected chi connectivity index (χ1v) is 7.85. The second kappa shape index (κ2) is 6.90. The van der Waals surface area contributed by atoms with E-state index in [2.05, 4.69) is 42.0 Å². The molecule has 0 aliphatic carbocycles. The van der Waals surface area contributed by atoms with E-state index in [9.17, 15) is 0 Å². The number of benzene rings is 1. The third-order valence-electron chi connectivity index (χ3n) is 4.52. The second-order valence-electron chi connectivity index (χ2n) is 5.80. The van der Waals surface area contributed by atoms with Crippen molar-refractivity contribution >= 4 is 11.6 Å². The average molecular weight is 296 g/mol. The van der Waals surface area contributed by atoms with Crippen LogP contribution in [-0.2, 0) is 0 Å². The number of hydrogen-bond donors (Lipinski definition) is 1. The van der Waals surface area contributed by atoms with Crippen LogP contribution >= 0.6 is 11.6 Å². The Hall–Kier alpha value is -0.610. The minimum atomic E-state index is 0.274. The predicted molar refractivity (Wildman–Crippen MR) is 86.3 cm³/mol. The van der Waals surface area contributed by atoms with Crippen molar-refractivity contribution in [1.29, 1.82) is 0 Å². The maximum Gasteiger partial charge on any atom is 0.0472 e. The molecule has 0 bridgehead atoms. The maximum atomic E-state index is 6.27. The largest absolute Gasteiger partial charge is 0.329 e. The summed E-state index contributed by atoms with van der Waals surface area (Å²) in [5.74, 6) is 0. The Labute approximate surface area is 127 Å². The molecule has 0 spiro atoms. The normalized spacial score (nSPS) is 22.9. The lowest BCUT2D eigenvalue weighted by Gasteiger charge is -2.42. The van der Waals surface area contributed by atoms with E-state index in [0.29, 0.717) is 12.6 Å². The number of halogens is 1. The molecule has 1 heterocycles. The molecule has 112 valence electrons. The summed E-state index contributed by atoms with van der Waals surface area (Å²) in [7, 11) is 2.21. The zero-order valence-corrected chi connectivity index (χ0v) is 13.5. The third-order valence-corrected chi connectivity index (χ3v) is 4.93. The van der Waals surface area contributed by atoms with Crippen LogP contribution in [0.2, 0.25) is 5.02 Å². The van der Waals surface area contributed by atoms with Crippen molar-refractivity contribution in [3.05, 3.63) is 34.3 Å². The molecule has 0 amide bonds. The maximum absolute atomic E-state index is 6.27. The summed E-state index contributed by atoms with van der Waals surface area (Å²) < 4.78 is 0. The summed E-state index contributed by atoms with van der Waals surface area (Å²) in [6.07, 6.45) is 1.18. The molecule has 4 heteroatoms. The topological polar surface area (TPSA) is 32.5 Å². The van der Waals surface area contributed by atoms with E-state index < -0.39 is 0 Å². The van der Waals surface area contributed by atoms with E-state index in [-0.39, 0.29) is 6.04 Å². The molecule has 0 aromatic heterocycles. The monoisotopic (exact) mass is 295 g/mol. The van der Waals surface area contributed by atoms with Gasteiger partial charge in [0.05, 0.1) is 0 Å². The number of rotatable bonds is 4. The van der Waals surface area contributed by atoms with Crippen molar-refractivity contribution in [3.8, 4) is 0 Å². The summed E-state index contributed by atoms with van der Waals surface area (Å²) in [6, 6.07) is 7.23. The molecule has 0 saturated carbocycles. The summed E-state index contributed by atoms with van der Waals surface area (Å²) >= 11 is 6.27. The van der Waals surface area contributed by atoms with Gasteiger partial charge in [-0.15, -0.1) is 0 Å². The van der Waals surface area contributed by atoms with Crippen LogP contribution in [0.3, 0.4) is 0 Å². The molecule has 3 nitrogen and oxygen atoms in total. The molecule has 0 radical (unpaired) electrons. The quantitative estimate of drug-likeness (QED) is 0.927. The number of likely N-dealkylation sites (N-methyl/N-ethyl adjacent to an activating group) is 1. The van der Waals surface area contributed by atoms with Gasteiger partial charge in [0.2, 0.25) is 0 Å². The highest BCUT2D eigenvalue weighted by Crippen LogP contribution is 2.27. The van der Waals surface area contributed by atoms with E-state index in [1.165, 1.54) is 12.0 Å². The molecular weight excluding hydrogens is 270 g/mol. The van der Waals surface area contributed by atoms with Gasteiger partial charge in [0, 0.05) is 43.3 Å². The fourth-order valence-electron chi connectivity index (χ4n) is 3.01. The minimum absolute atomic E-state index is 0.274. The van der Waals surface area contributed by atoms with Gasteiger partial charge in [-0.25, -0.2) is 0 Å². The van der Waals surface area contributed by atoms with Gasteiger partial charge in [0.15, 0.2) is 0 Å². The molecule has 1 aromatic carbocycles. The second-order valence-corrected chi connectivity index (χ2v) is 6.20. The van der Waals surface area contributed by atoms with Crippen molar-refractivity contribution in [1.82, 2.24) is 9.80 Å². The first-order valence-electron chi connectivity index (χ1n) is 7.47. The smallest absolute Gasteiger partial charge is 0.0472 e. The molecule has 1 aliphatic rings. The lowest BCUT2D eigenvalue weighted by molar-refractivity contribution is 0.0644. The molecule has 2 N–H and O–H groups in total. The van der Waals surface area contributed by atoms with Gasteiger partial charge in [0.1, 0.15) is 0 Å². The Bertz CT molecular complexity index is 449. The zero-order chi connectivity index (χ0) is 14.7. The van der Waals surface area contributed by atoms with Crippen LogP contribution in [0.1, 0.15) is 30.5 Å². The van der Waals surface area contributed by atoms with Crippen LogP contribution in [0.4, 0.5) is 0 Å². The molecule has 2 unspecified atom stereocenters. The van der Waals surface area contributed by atoms with Crippen LogP contribution in [0, 0.1) is 6.92 Å². The van der Waals surface area contributed by atoms with Gasteiger partial charge < -0.3 is 10.6 Å². The van der Waals surface area contributed by atoms with Crippen molar-refractivity contribution in [2.75, 3.05) is 33.2 Å². The van der Waals surface area contributed by atoms with Crippen molar-refractivity contribution in [3.63, 3.8) is 0 Å². The van der Waals surface area contributed by atoms with E-state index in [4.69, 9.17) is 17.3 Å². The first kappa shape index (κ1) is 15.8. The Kier molecular flexibility index (Phi) is 5.44. The zero-order valence-electron chi connectivity index (χ0n) is 12.8. The van der Waals surface area contributed by atoms with Gasteiger partial charge in [-0.2, -0.15) is 0 Å². The number of hydrogen-bond acceptors (Lipinski definition) is 3. The van der Waals surface area contributed by atoms with Crippen LogP contribution in [-0.4, -0.2) is 49.1 Å². The lowest BCUT2D eigenvalue weighted by atomic mass is 10.0. The van der Waals surface area contributed by atoms with Crippen molar-refractivity contribution < 1.29 is 0 Å². The van der Waals surface area contributed by atoms with E-state index in [0.717, 1.165) is 30.2 Å². The fourth-order valence-corrected chi connectivity index (χ4v) is 3.20. The first-order chi connectivity index (χ1) is 9.56. The van der Waals surface area contributed by atoms with Gasteiger partial charge in [0.25, 0.3) is 0 Å². The van der Waals surface area contributed by atoms with Crippen molar-refractivity contribution in [2.24, 2.45) is 5.73 Å². The number of aryl methyl sites for hydroxylation is 1. The van der Waals surface area contributed by atoms with Gasteiger partial charge in [-0.1, -0.05) is 30.7 Å². The van der Waals surface area contributed by atoms with Crippen molar-refractivity contribution in [2.45, 2.75) is 32.4 Å².